The van der Waals surface area contributed by atoms with Gasteiger partial charge in [-0.15, -0.1) is 12.4 Å². The van der Waals surface area contributed by atoms with E-state index in [1.165, 1.54) is 12.1 Å². The molecule has 5 nitrogen and oxygen atoms in total. The van der Waals surface area contributed by atoms with Crippen molar-refractivity contribution in [2.24, 2.45) is 0 Å². The zero-order chi connectivity index (χ0) is 11.8. The topological polar surface area (TPSA) is 72.5 Å². The van der Waals surface area contributed by atoms with E-state index in [2.05, 4.69) is 5.32 Å². The Balaban J connectivity index is 0.00000144. The summed E-state index contributed by atoms with van der Waals surface area (Å²) in [5.41, 5.74) is 0.832. The van der Waals surface area contributed by atoms with Gasteiger partial charge in [0.1, 0.15) is 6.61 Å². The maximum atomic E-state index is 11.2. The molecule has 1 saturated heterocycles. The Morgan fingerprint density at radius 3 is 2.29 bits per heavy atom. The first-order valence-electron chi connectivity index (χ1n) is 4.70. The number of benzene rings is 1. The summed E-state index contributed by atoms with van der Waals surface area (Å²) < 4.78 is 27.2. The van der Waals surface area contributed by atoms with Gasteiger partial charge in [-0.2, -0.15) is 0 Å². The first-order chi connectivity index (χ1) is 7.47. The van der Waals surface area contributed by atoms with E-state index in [9.17, 15) is 13.2 Å². The highest BCUT2D eigenvalue weighted by Gasteiger charge is 2.23. The monoisotopic (exact) mass is 277 g/mol. The molecule has 1 N–H and O–H groups in total. The van der Waals surface area contributed by atoms with Crippen LogP contribution in [0.25, 0.3) is 0 Å². The molecule has 1 aliphatic rings. The average molecular weight is 278 g/mol. The van der Waals surface area contributed by atoms with Crippen LogP contribution in [0.15, 0.2) is 29.2 Å². The van der Waals surface area contributed by atoms with Crippen LogP contribution in [0.4, 0.5) is 4.79 Å². The fraction of sp³-hybridized carbons (Fsp3) is 0.300. The molecule has 0 saturated carbocycles. The van der Waals surface area contributed by atoms with Crippen LogP contribution in [0.5, 0.6) is 0 Å². The lowest BCUT2D eigenvalue weighted by atomic mass is 10.1. The van der Waals surface area contributed by atoms with Crippen molar-refractivity contribution < 1.29 is 17.9 Å². The van der Waals surface area contributed by atoms with Crippen LogP contribution in [-0.2, 0) is 14.6 Å². The van der Waals surface area contributed by atoms with Gasteiger partial charge in [0, 0.05) is 6.26 Å². The minimum absolute atomic E-state index is 0. The molecule has 1 fully saturated rings. The van der Waals surface area contributed by atoms with Crippen LogP contribution in [-0.4, -0.2) is 27.4 Å². The summed E-state index contributed by atoms with van der Waals surface area (Å²) in [6.45, 7) is 0.275. The number of hydrogen-bond donors (Lipinski definition) is 1. The molecule has 0 radical (unpaired) electrons. The molecule has 1 heterocycles. The number of ether oxygens (including phenoxy) is 1. The molecular weight excluding hydrogens is 266 g/mol. The van der Waals surface area contributed by atoms with E-state index in [4.69, 9.17) is 4.74 Å². The van der Waals surface area contributed by atoms with E-state index >= 15 is 0 Å². The number of amides is 1. The van der Waals surface area contributed by atoms with Gasteiger partial charge >= 0.3 is 6.09 Å². The van der Waals surface area contributed by atoms with Crippen molar-refractivity contribution >= 4 is 28.3 Å². The maximum Gasteiger partial charge on any atom is 0.407 e. The summed E-state index contributed by atoms with van der Waals surface area (Å²) in [5.74, 6) is 0. The molecular formula is C10H12ClNO4S. The number of carbonyl (C=O) groups excluding carboxylic acids is 1. The van der Waals surface area contributed by atoms with Crippen molar-refractivity contribution in [2.75, 3.05) is 12.9 Å². The predicted molar refractivity (Wildman–Crippen MR) is 64.0 cm³/mol. The lowest BCUT2D eigenvalue weighted by molar-refractivity contribution is 0.177. The van der Waals surface area contributed by atoms with Crippen molar-refractivity contribution in [3.8, 4) is 0 Å². The molecule has 1 amide bonds. The molecule has 0 spiro atoms. The zero-order valence-corrected chi connectivity index (χ0v) is 10.7. The summed E-state index contributed by atoms with van der Waals surface area (Å²) >= 11 is 0. The van der Waals surface area contributed by atoms with E-state index in [1.54, 1.807) is 12.1 Å². The van der Waals surface area contributed by atoms with Gasteiger partial charge in [0.25, 0.3) is 0 Å². The molecule has 1 atom stereocenters. The Morgan fingerprint density at radius 2 is 1.88 bits per heavy atom. The Bertz CT molecular complexity index is 512. The summed E-state index contributed by atoms with van der Waals surface area (Å²) in [5, 5.41) is 2.62. The number of halogens is 1. The Morgan fingerprint density at radius 1 is 1.29 bits per heavy atom. The number of cyclic esters (lactones) is 1. The maximum absolute atomic E-state index is 11.2. The van der Waals surface area contributed by atoms with Crippen molar-refractivity contribution in [1.82, 2.24) is 5.32 Å². The van der Waals surface area contributed by atoms with Crippen LogP contribution in [0.3, 0.4) is 0 Å². The van der Waals surface area contributed by atoms with Crippen molar-refractivity contribution in [2.45, 2.75) is 10.9 Å². The van der Waals surface area contributed by atoms with Crippen molar-refractivity contribution in [3.05, 3.63) is 29.8 Å². The number of alkyl carbamates (subject to hydrolysis) is 1. The number of sulfone groups is 1. The van der Waals surface area contributed by atoms with Gasteiger partial charge in [0.05, 0.1) is 10.9 Å². The number of rotatable bonds is 2. The SMILES string of the molecule is CS(=O)(=O)c1ccc([C@H]2COC(=O)N2)cc1.Cl. The minimum atomic E-state index is -3.17. The first kappa shape index (κ1) is 13.8. The molecule has 1 aliphatic heterocycles. The smallest absolute Gasteiger partial charge is 0.407 e. The molecule has 0 aliphatic carbocycles. The summed E-state index contributed by atoms with van der Waals surface area (Å²) in [4.78, 5) is 11.1. The fourth-order valence-corrected chi connectivity index (χ4v) is 2.14. The van der Waals surface area contributed by atoms with E-state index in [-0.39, 0.29) is 30.0 Å². The van der Waals surface area contributed by atoms with Crippen LogP contribution < -0.4 is 5.32 Å². The Kier molecular flexibility index (Phi) is 4.00. The molecule has 0 unspecified atom stereocenters. The zero-order valence-electron chi connectivity index (χ0n) is 9.04. The lowest BCUT2D eigenvalue weighted by Gasteiger charge is -2.07. The summed E-state index contributed by atoms with van der Waals surface area (Å²) in [6.07, 6.45) is 0.708. The van der Waals surface area contributed by atoms with Gasteiger partial charge in [-0.3, -0.25) is 0 Å². The Hall–Kier alpha value is -1.27. The molecule has 1 aromatic carbocycles. The van der Waals surface area contributed by atoms with Crippen LogP contribution in [0.2, 0.25) is 0 Å². The number of nitrogens with one attached hydrogen (secondary N) is 1. The second kappa shape index (κ2) is 4.93. The van der Waals surface area contributed by atoms with Crippen LogP contribution in [0, 0.1) is 0 Å². The minimum Gasteiger partial charge on any atom is -0.447 e. The first-order valence-corrected chi connectivity index (χ1v) is 6.59. The van der Waals surface area contributed by atoms with Gasteiger partial charge < -0.3 is 10.1 Å². The van der Waals surface area contributed by atoms with Crippen molar-refractivity contribution in [1.29, 1.82) is 0 Å². The molecule has 1 aromatic rings. The normalized spacial score (nSPS) is 19.1. The molecule has 2 rings (SSSR count). The summed E-state index contributed by atoms with van der Waals surface area (Å²) in [6, 6.07) is 6.21. The van der Waals surface area contributed by atoms with Gasteiger partial charge in [0.15, 0.2) is 9.84 Å². The third-order valence-electron chi connectivity index (χ3n) is 2.38. The standard InChI is InChI=1S/C10H11NO4S.ClH/c1-16(13,14)8-4-2-7(3-5-8)9-6-15-10(12)11-9;/h2-5,9H,6H2,1H3,(H,11,12);1H/t9-;/m1./s1. The highest BCUT2D eigenvalue weighted by molar-refractivity contribution is 7.90. The lowest BCUT2D eigenvalue weighted by Crippen LogP contribution is -2.18. The van der Waals surface area contributed by atoms with E-state index in [0.717, 1.165) is 11.8 Å². The third-order valence-corrected chi connectivity index (χ3v) is 3.51. The highest BCUT2D eigenvalue weighted by atomic mass is 35.5. The second-order valence-corrected chi connectivity index (χ2v) is 5.65. The Labute approximate surface area is 105 Å². The quantitative estimate of drug-likeness (QED) is 0.884. The van der Waals surface area contributed by atoms with Crippen molar-refractivity contribution in [3.63, 3.8) is 0 Å². The number of hydrogen-bond acceptors (Lipinski definition) is 4. The molecule has 94 valence electrons. The van der Waals surface area contributed by atoms with Gasteiger partial charge in [-0.25, -0.2) is 13.2 Å². The fourth-order valence-electron chi connectivity index (χ4n) is 1.51. The average Bonchev–Trinajstić information content (AvgIpc) is 2.64. The highest BCUT2D eigenvalue weighted by Crippen LogP contribution is 2.19. The van der Waals surface area contributed by atoms with Gasteiger partial charge in [-0.1, -0.05) is 12.1 Å². The van der Waals surface area contributed by atoms with E-state index < -0.39 is 15.9 Å². The number of carbonyl (C=O) groups is 1. The van der Waals surface area contributed by atoms with Crippen LogP contribution >= 0.6 is 12.4 Å². The van der Waals surface area contributed by atoms with E-state index in [1.807, 2.05) is 0 Å². The van der Waals surface area contributed by atoms with Gasteiger partial charge in [0.2, 0.25) is 0 Å². The molecule has 7 heteroatoms. The second-order valence-electron chi connectivity index (χ2n) is 3.64. The summed E-state index contributed by atoms with van der Waals surface area (Å²) in [7, 11) is -3.17. The predicted octanol–water partition coefficient (Wildman–Crippen LogP) is 1.29. The molecule has 0 bridgehead atoms. The van der Waals surface area contributed by atoms with Gasteiger partial charge in [-0.05, 0) is 17.7 Å². The van der Waals surface area contributed by atoms with E-state index in [0.29, 0.717) is 0 Å². The molecule has 0 aromatic heterocycles. The largest absolute Gasteiger partial charge is 0.447 e. The van der Waals surface area contributed by atoms with Crippen LogP contribution in [0.1, 0.15) is 11.6 Å². The molecule has 17 heavy (non-hydrogen) atoms. The third kappa shape index (κ3) is 3.10.